The van der Waals surface area contributed by atoms with Crippen molar-refractivity contribution in [1.82, 2.24) is 5.32 Å². The van der Waals surface area contributed by atoms with Gasteiger partial charge in [0.2, 0.25) is 5.91 Å². The van der Waals surface area contributed by atoms with Gasteiger partial charge in [0, 0.05) is 6.42 Å². The second-order valence-electron chi connectivity index (χ2n) is 13.8. The highest BCUT2D eigenvalue weighted by molar-refractivity contribution is 5.76. The molecule has 0 aromatic heterocycles. The maximum atomic E-state index is 12.4. The van der Waals surface area contributed by atoms with E-state index in [1.54, 1.807) is 0 Å². The molecule has 0 saturated heterocycles. The Labute approximate surface area is 286 Å². The van der Waals surface area contributed by atoms with Crippen LogP contribution in [0.15, 0.2) is 24.3 Å². The number of nitrogens with one attached hydrogen (secondary N) is 1. The van der Waals surface area contributed by atoms with Crippen LogP contribution in [0.4, 0.5) is 0 Å². The van der Waals surface area contributed by atoms with Crippen molar-refractivity contribution in [3.63, 3.8) is 0 Å². The Bertz CT molecular complexity index is 679. The number of aliphatic hydroxyl groups is 3. The summed E-state index contributed by atoms with van der Waals surface area (Å²) in [5.41, 5.74) is 0. The average Bonchev–Trinajstić information content (AvgIpc) is 3.06. The molecule has 1 amide bonds. The molecule has 0 rings (SSSR count). The van der Waals surface area contributed by atoms with Crippen LogP contribution in [0.3, 0.4) is 0 Å². The number of carbonyl (C=O) groups is 1. The first kappa shape index (κ1) is 44.8. The molecule has 3 atom stereocenters. The second kappa shape index (κ2) is 36.7. The highest BCUT2D eigenvalue weighted by atomic mass is 16.3. The molecule has 0 heterocycles. The Balaban J connectivity index is 3.59. The van der Waals surface area contributed by atoms with E-state index >= 15 is 0 Å². The number of allylic oxidation sites excluding steroid dienone is 4. The van der Waals surface area contributed by atoms with Crippen molar-refractivity contribution in [2.75, 3.05) is 6.61 Å². The van der Waals surface area contributed by atoms with Crippen molar-refractivity contribution in [3.8, 4) is 0 Å². The van der Waals surface area contributed by atoms with Crippen molar-refractivity contribution in [3.05, 3.63) is 24.3 Å². The molecular weight excluding hydrogens is 570 g/mol. The number of carbonyl (C=O) groups excluding carboxylic acids is 1. The molecule has 0 aliphatic heterocycles. The summed E-state index contributed by atoms with van der Waals surface area (Å²) in [7, 11) is 0. The third kappa shape index (κ3) is 31.4. The predicted molar refractivity (Wildman–Crippen MR) is 199 cm³/mol. The van der Waals surface area contributed by atoms with Crippen LogP contribution in [0.5, 0.6) is 0 Å². The minimum absolute atomic E-state index is 0.158. The van der Waals surface area contributed by atoms with Gasteiger partial charge in [0.25, 0.3) is 0 Å². The summed E-state index contributed by atoms with van der Waals surface area (Å²) in [6, 6.07) is -0.826. The third-order valence-corrected chi connectivity index (χ3v) is 9.27. The summed E-state index contributed by atoms with van der Waals surface area (Å²) in [5, 5.41) is 33.3. The smallest absolute Gasteiger partial charge is 0.220 e. The van der Waals surface area contributed by atoms with Gasteiger partial charge in [-0.2, -0.15) is 0 Å². The zero-order chi connectivity index (χ0) is 33.8. The first-order valence-electron chi connectivity index (χ1n) is 20.1. The van der Waals surface area contributed by atoms with Crippen molar-refractivity contribution >= 4 is 5.91 Å². The van der Waals surface area contributed by atoms with Crippen molar-refractivity contribution in [2.24, 2.45) is 0 Å². The van der Waals surface area contributed by atoms with E-state index in [1.165, 1.54) is 128 Å². The van der Waals surface area contributed by atoms with Crippen LogP contribution < -0.4 is 5.32 Å². The van der Waals surface area contributed by atoms with Gasteiger partial charge in [-0.1, -0.05) is 179 Å². The summed E-state index contributed by atoms with van der Waals surface area (Å²) in [4.78, 5) is 12.4. The topological polar surface area (TPSA) is 89.8 Å². The van der Waals surface area contributed by atoms with E-state index in [4.69, 9.17) is 0 Å². The Morgan fingerprint density at radius 3 is 1.33 bits per heavy atom. The van der Waals surface area contributed by atoms with E-state index in [2.05, 4.69) is 43.5 Å². The fraction of sp³-hybridized carbons (Fsp3) is 0.878. The molecule has 0 aromatic carbocycles. The molecule has 0 radical (unpaired) electrons. The van der Waals surface area contributed by atoms with Gasteiger partial charge in [0.15, 0.2) is 0 Å². The molecule has 3 unspecified atom stereocenters. The Kier molecular flexibility index (Phi) is 35.7. The van der Waals surface area contributed by atoms with Crippen molar-refractivity contribution < 1.29 is 20.1 Å². The summed E-state index contributed by atoms with van der Waals surface area (Å²) < 4.78 is 0. The van der Waals surface area contributed by atoms with Crippen LogP contribution >= 0.6 is 0 Å². The summed E-state index contributed by atoms with van der Waals surface area (Å²) in [6.45, 7) is 4.08. The maximum absolute atomic E-state index is 12.4. The quantitative estimate of drug-likeness (QED) is 0.0401. The highest BCUT2D eigenvalue weighted by Crippen LogP contribution is 2.16. The van der Waals surface area contributed by atoms with E-state index in [0.717, 1.165) is 51.4 Å². The van der Waals surface area contributed by atoms with Gasteiger partial charge in [0.05, 0.1) is 18.8 Å². The summed E-state index contributed by atoms with van der Waals surface area (Å²) in [5.74, 6) is -0.158. The fourth-order valence-corrected chi connectivity index (χ4v) is 6.13. The Morgan fingerprint density at radius 1 is 0.522 bits per heavy atom. The van der Waals surface area contributed by atoms with Gasteiger partial charge in [-0.3, -0.25) is 4.79 Å². The zero-order valence-electron chi connectivity index (χ0n) is 30.7. The average molecular weight is 650 g/mol. The normalized spacial score (nSPS) is 13.9. The molecule has 0 bridgehead atoms. The molecule has 0 aliphatic carbocycles. The molecular formula is C41H79NO4. The largest absolute Gasteiger partial charge is 0.394 e. The van der Waals surface area contributed by atoms with Crippen LogP contribution in [0.1, 0.15) is 206 Å². The molecule has 5 heteroatoms. The van der Waals surface area contributed by atoms with E-state index in [-0.39, 0.29) is 12.5 Å². The second-order valence-corrected chi connectivity index (χ2v) is 13.8. The number of hydrogen-bond acceptors (Lipinski definition) is 4. The number of hydrogen-bond donors (Lipinski definition) is 4. The first-order chi connectivity index (χ1) is 22.6. The molecule has 46 heavy (non-hydrogen) atoms. The molecule has 5 nitrogen and oxygen atoms in total. The highest BCUT2D eigenvalue weighted by Gasteiger charge is 2.26. The first-order valence-corrected chi connectivity index (χ1v) is 20.1. The lowest BCUT2D eigenvalue weighted by atomic mass is 10.0. The Hall–Kier alpha value is -1.17. The van der Waals surface area contributed by atoms with Crippen LogP contribution in [0.2, 0.25) is 0 Å². The summed E-state index contributed by atoms with van der Waals surface area (Å²) >= 11 is 0. The molecule has 0 saturated carbocycles. The molecule has 0 aliphatic rings. The lowest BCUT2D eigenvalue weighted by molar-refractivity contribution is -0.124. The minimum Gasteiger partial charge on any atom is -0.394 e. The number of rotatable bonds is 36. The van der Waals surface area contributed by atoms with Gasteiger partial charge in [0.1, 0.15) is 6.10 Å². The summed E-state index contributed by atoms with van der Waals surface area (Å²) in [6.07, 6.45) is 42.9. The van der Waals surface area contributed by atoms with Gasteiger partial charge in [-0.05, 0) is 44.9 Å². The SMILES string of the molecule is CCC/C=C/CC/C=C/CCCC(O)C(O)C(CO)NC(=O)CCCCCCCCCCCCCCCCCCCCCCCC. The van der Waals surface area contributed by atoms with Gasteiger partial charge >= 0.3 is 0 Å². The molecule has 272 valence electrons. The monoisotopic (exact) mass is 650 g/mol. The van der Waals surface area contributed by atoms with E-state index in [9.17, 15) is 20.1 Å². The number of unbranched alkanes of at least 4 members (excludes halogenated alkanes) is 24. The van der Waals surface area contributed by atoms with Crippen LogP contribution in [0, 0.1) is 0 Å². The predicted octanol–water partition coefficient (Wildman–Crippen LogP) is 11.0. The van der Waals surface area contributed by atoms with Gasteiger partial charge < -0.3 is 20.6 Å². The number of amides is 1. The third-order valence-electron chi connectivity index (χ3n) is 9.27. The van der Waals surface area contributed by atoms with Crippen LogP contribution in [0.25, 0.3) is 0 Å². The fourth-order valence-electron chi connectivity index (χ4n) is 6.13. The van der Waals surface area contributed by atoms with E-state index < -0.39 is 18.2 Å². The zero-order valence-corrected chi connectivity index (χ0v) is 30.7. The number of aliphatic hydroxyl groups excluding tert-OH is 3. The van der Waals surface area contributed by atoms with Crippen LogP contribution in [-0.4, -0.2) is 46.1 Å². The standard InChI is InChI=1S/C41H79NO4/c1-3-5-7-9-11-13-15-16-17-18-19-20-21-22-23-24-25-26-28-30-32-34-36-40(45)42-38(37-43)41(46)39(44)35-33-31-29-27-14-12-10-8-6-4-2/h8,10,27,29,38-39,41,43-44,46H,3-7,9,11-26,28,30-37H2,1-2H3,(H,42,45)/b10-8+,29-27+. The van der Waals surface area contributed by atoms with E-state index in [0.29, 0.717) is 12.8 Å². The molecule has 0 aromatic rings. The molecule has 4 N–H and O–H groups in total. The lowest BCUT2D eigenvalue weighted by Crippen LogP contribution is -2.50. The van der Waals surface area contributed by atoms with Crippen molar-refractivity contribution in [2.45, 2.75) is 225 Å². The van der Waals surface area contributed by atoms with Crippen molar-refractivity contribution in [1.29, 1.82) is 0 Å². The van der Waals surface area contributed by atoms with Gasteiger partial charge in [-0.15, -0.1) is 0 Å². The molecule has 0 fully saturated rings. The van der Waals surface area contributed by atoms with Gasteiger partial charge in [-0.25, -0.2) is 0 Å². The Morgan fingerprint density at radius 2 is 0.913 bits per heavy atom. The minimum atomic E-state index is -1.16. The van der Waals surface area contributed by atoms with Crippen LogP contribution in [-0.2, 0) is 4.79 Å². The van der Waals surface area contributed by atoms with E-state index in [1.807, 2.05) is 0 Å². The molecule has 0 spiro atoms. The maximum Gasteiger partial charge on any atom is 0.220 e. The lowest BCUT2D eigenvalue weighted by Gasteiger charge is -2.26.